The molecule has 0 unspecified atom stereocenters. The monoisotopic (exact) mass is 295 g/mol. The minimum Gasteiger partial charge on any atom is -0.508 e. The Kier molecular flexibility index (Phi) is 6.75. The van der Waals surface area contributed by atoms with Crippen LogP contribution in [0, 0.1) is 5.82 Å². The van der Waals surface area contributed by atoms with E-state index in [-0.39, 0.29) is 17.5 Å². The molecule has 108 valence electrons. The first-order valence-electron chi connectivity index (χ1n) is 4.82. The molecule has 8 nitrogen and oxygen atoms in total. The average Bonchev–Trinajstić information content (AvgIpc) is 2.20. The van der Waals surface area contributed by atoms with Crippen molar-refractivity contribution in [3.8, 4) is 5.75 Å². The predicted octanol–water partition coefficient (Wildman–Crippen LogP) is -0.306. The first kappa shape index (κ1) is 17.1. The highest BCUT2D eigenvalue weighted by molar-refractivity contribution is 7.79. The fourth-order valence-electron chi connectivity index (χ4n) is 1.06. The van der Waals surface area contributed by atoms with E-state index in [0.717, 1.165) is 0 Å². The van der Waals surface area contributed by atoms with Crippen molar-refractivity contribution in [2.75, 3.05) is 6.54 Å². The van der Waals surface area contributed by atoms with E-state index in [0.29, 0.717) is 18.5 Å². The van der Waals surface area contributed by atoms with E-state index in [1.165, 1.54) is 18.2 Å². The van der Waals surface area contributed by atoms with Gasteiger partial charge in [0.1, 0.15) is 11.6 Å². The Balaban J connectivity index is 0.000000555. The summed E-state index contributed by atoms with van der Waals surface area (Å²) >= 11 is 0. The van der Waals surface area contributed by atoms with Crippen LogP contribution in [0.3, 0.4) is 0 Å². The van der Waals surface area contributed by atoms with E-state index in [4.69, 9.17) is 34.1 Å². The molecule has 0 spiro atoms. The number of phenolic OH excluding ortho intramolecular Hbond substituents is 1. The number of hydrogen-bond acceptors (Lipinski definition) is 4. The van der Waals surface area contributed by atoms with Gasteiger partial charge in [0.15, 0.2) is 5.96 Å². The van der Waals surface area contributed by atoms with Crippen LogP contribution in [0.1, 0.15) is 5.56 Å². The fraction of sp³-hybridized carbons (Fsp3) is 0.222. The zero-order valence-electron chi connectivity index (χ0n) is 9.69. The van der Waals surface area contributed by atoms with Crippen molar-refractivity contribution in [2.24, 2.45) is 16.5 Å². The first-order valence-corrected chi connectivity index (χ1v) is 6.22. The lowest BCUT2D eigenvalue weighted by atomic mass is 10.1. The highest BCUT2D eigenvalue weighted by atomic mass is 32.3. The number of hydrogen-bond donors (Lipinski definition) is 5. The van der Waals surface area contributed by atoms with Crippen molar-refractivity contribution in [3.63, 3.8) is 0 Å². The van der Waals surface area contributed by atoms with E-state index in [9.17, 15) is 4.39 Å². The van der Waals surface area contributed by atoms with Crippen molar-refractivity contribution in [3.05, 3.63) is 29.6 Å². The number of benzene rings is 1. The molecule has 0 radical (unpaired) electrons. The summed E-state index contributed by atoms with van der Waals surface area (Å²) in [6.45, 7) is 0.308. The maximum atomic E-state index is 13.1. The summed E-state index contributed by atoms with van der Waals surface area (Å²) in [4.78, 5) is 3.71. The Hall–Kier alpha value is -1.91. The highest BCUT2D eigenvalue weighted by Crippen LogP contribution is 2.15. The average molecular weight is 295 g/mol. The quantitative estimate of drug-likeness (QED) is 0.290. The molecule has 10 heteroatoms. The third-order valence-corrected chi connectivity index (χ3v) is 1.70. The molecule has 0 aliphatic rings. The molecular formula is C9H14FN3O5S. The second kappa shape index (κ2) is 7.51. The summed E-state index contributed by atoms with van der Waals surface area (Å²) < 4.78 is 44.7. The SMILES string of the molecule is NC(N)=NCCc1cc(O)ccc1F.O=S(=O)(O)O. The topological polar surface area (TPSA) is 159 Å². The van der Waals surface area contributed by atoms with Crippen LogP contribution < -0.4 is 11.5 Å². The van der Waals surface area contributed by atoms with Crippen LogP contribution in [-0.4, -0.2) is 35.1 Å². The molecule has 0 bridgehead atoms. The zero-order chi connectivity index (χ0) is 15.1. The number of rotatable bonds is 3. The molecule has 0 amide bonds. The van der Waals surface area contributed by atoms with Gasteiger partial charge in [-0.1, -0.05) is 0 Å². The summed E-state index contributed by atoms with van der Waals surface area (Å²) in [6, 6.07) is 3.86. The van der Waals surface area contributed by atoms with Gasteiger partial charge in [-0.3, -0.25) is 14.1 Å². The second-order valence-electron chi connectivity index (χ2n) is 3.28. The molecule has 7 N–H and O–H groups in total. The number of nitrogens with zero attached hydrogens (tertiary/aromatic N) is 1. The number of aromatic hydroxyl groups is 1. The van der Waals surface area contributed by atoms with Crippen LogP contribution in [0.15, 0.2) is 23.2 Å². The highest BCUT2D eigenvalue weighted by Gasteiger charge is 2.02. The molecule has 0 heterocycles. The third-order valence-electron chi connectivity index (χ3n) is 1.70. The van der Waals surface area contributed by atoms with Gasteiger partial charge in [-0.25, -0.2) is 4.39 Å². The summed E-state index contributed by atoms with van der Waals surface area (Å²) in [5, 5.41) is 9.09. The summed E-state index contributed by atoms with van der Waals surface area (Å²) in [5.74, 6) is -0.356. The van der Waals surface area contributed by atoms with Crippen molar-refractivity contribution >= 4 is 16.4 Å². The maximum absolute atomic E-state index is 13.1. The maximum Gasteiger partial charge on any atom is 0.394 e. The van der Waals surface area contributed by atoms with E-state index in [1.807, 2.05) is 0 Å². The minimum absolute atomic E-state index is 0.0226. The lowest BCUT2D eigenvalue weighted by Crippen LogP contribution is -2.23. The normalized spacial score (nSPS) is 10.3. The first-order chi connectivity index (χ1) is 8.59. The van der Waals surface area contributed by atoms with Gasteiger partial charge in [-0.15, -0.1) is 0 Å². The Bertz CT molecular complexity index is 535. The number of aliphatic imine (C=N–C) groups is 1. The van der Waals surface area contributed by atoms with Gasteiger partial charge >= 0.3 is 10.4 Å². The number of halogens is 1. The fourth-order valence-corrected chi connectivity index (χ4v) is 1.06. The molecule has 0 saturated carbocycles. The largest absolute Gasteiger partial charge is 0.508 e. The molecule has 1 aromatic carbocycles. The van der Waals surface area contributed by atoms with Crippen molar-refractivity contribution < 1.29 is 27.0 Å². The summed E-state index contributed by atoms with van der Waals surface area (Å²) in [7, 11) is -4.67. The molecule has 0 aliphatic heterocycles. The van der Waals surface area contributed by atoms with Gasteiger partial charge in [0.05, 0.1) is 0 Å². The number of phenols is 1. The van der Waals surface area contributed by atoms with E-state index in [1.54, 1.807) is 0 Å². The van der Waals surface area contributed by atoms with Crippen LogP contribution in [0.4, 0.5) is 4.39 Å². The van der Waals surface area contributed by atoms with Crippen LogP contribution in [0.25, 0.3) is 0 Å². The van der Waals surface area contributed by atoms with Gasteiger partial charge in [0.25, 0.3) is 0 Å². The van der Waals surface area contributed by atoms with Gasteiger partial charge in [0, 0.05) is 6.54 Å². The summed E-state index contributed by atoms with van der Waals surface area (Å²) in [6.07, 6.45) is 0.359. The smallest absolute Gasteiger partial charge is 0.394 e. The standard InChI is InChI=1S/C9H12FN3O.H2O4S/c10-8-2-1-7(14)5-6(8)3-4-13-9(11)12;1-5(2,3)4/h1-2,5,14H,3-4H2,(H4,11,12,13);(H2,1,2,3,4). The molecule has 1 aromatic rings. The molecule has 0 saturated heterocycles. The lowest BCUT2D eigenvalue weighted by Gasteiger charge is -2.01. The molecule has 0 fully saturated rings. The van der Waals surface area contributed by atoms with Gasteiger partial charge in [-0.2, -0.15) is 8.42 Å². The molecular weight excluding hydrogens is 281 g/mol. The Morgan fingerprint density at radius 3 is 2.32 bits per heavy atom. The molecule has 19 heavy (non-hydrogen) atoms. The molecule has 0 atom stereocenters. The van der Waals surface area contributed by atoms with Crippen LogP contribution in [0.2, 0.25) is 0 Å². The number of guanidine groups is 1. The number of nitrogens with two attached hydrogens (primary N) is 2. The van der Waals surface area contributed by atoms with E-state index >= 15 is 0 Å². The lowest BCUT2D eigenvalue weighted by molar-refractivity contribution is 0.381. The molecule has 0 aliphatic carbocycles. The molecule has 0 aromatic heterocycles. The second-order valence-corrected chi connectivity index (χ2v) is 4.18. The van der Waals surface area contributed by atoms with Crippen molar-refractivity contribution in [2.45, 2.75) is 6.42 Å². The Labute approximate surface area is 109 Å². The zero-order valence-corrected chi connectivity index (χ0v) is 10.5. The van der Waals surface area contributed by atoms with Crippen LogP contribution in [0.5, 0.6) is 5.75 Å². The Morgan fingerprint density at radius 1 is 1.32 bits per heavy atom. The van der Waals surface area contributed by atoms with Crippen LogP contribution >= 0.6 is 0 Å². The van der Waals surface area contributed by atoms with E-state index in [2.05, 4.69) is 4.99 Å². The Morgan fingerprint density at radius 2 is 1.84 bits per heavy atom. The third kappa shape index (κ3) is 10.9. The van der Waals surface area contributed by atoms with E-state index < -0.39 is 10.4 Å². The van der Waals surface area contributed by atoms with Crippen molar-refractivity contribution in [1.82, 2.24) is 0 Å². The van der Waals surface area contributed by atoms with Gasteiger partial charge in [-0.05, 0) is 30.2 Å². The van der Waals surface area contributed by atoms with Crippen molar-refractivity contribution in [1.29, 1.82) is 0 Å². The van der Waals surface area contributed by atoms with Gasteiger partial charge in [0.2, 0.25) is 0 Å². The molecule has 1 rings (SSSR count). The predicted molar refractivity (Wildman–Crippen MR) is 66.6 cm³/mol. The van der Waals surface area contributed by atoms with Crippen LogP contribution in [-0.2, 0) is 16.8 Å². The minimum atomic E-state index is -4.67. The van der Waals surface area contributed by atoms with Gasteiger partial charge < -0.3 is 16.6 Å². The summed E-state index contributed by atoms with van der Waals surface area (Å²) in [5.41, 5.74) is 10.6.